The molecule has 0 radical (unpaired) electrons. The summed E-state index contributed by atoms with van der Waals surface area (Å²) in [5, 5.41) is 8.30. The van der Waals surface area contributed by atoms with E-state index in [-0.39, 0.29) is 11.3 Å². The first-order valence-electron chi connectivity index (χ1n) is 6.48. The van der Waals surface area contributed by atoms with E-state index in [1.54, 1.807) is 6.07 Å². The maximum atomic E-state index is 12.5. The zero-order valence-electron chi connectivity index (χ0n) is 11.6. The molecule has 0 saturated carbocycles. The minimum atomic E-state index is -0.543. The van der Waals surface area contributed by atoms with E-state index in [0.717, 1.165) is 16.7 Å². The summed E-state index contributed by atoms with van der Waals surface area (Å²) in [6.07, 6.45) is 1.88. The number of anilines is 1. The molecule has 110 valence electrons. The van der Waals surface area contributed by atoms with Crippen molar-refractivity contribution in [1.82, 2.24) is 4.98 Å². The fourth-order valence-electron chi connectivity index (χ4n) is 1.76. The van der Waals surface area contributed by atoms with Gasteiger partial charge in [0.05, 0.1) is 17.3 Å². The van der Waals surface area contributed by atoms with Gasteiger partial charge < -0.3 is 10.7 Å². The van der Waals surface area contributed by atoms with Crippen molar-refractivity contribution in [1.29, 1.82) is 5.26 Å². The van der Waals surface area contributed by atoms with Crippen molar-refractivity contribution in [2.45, 2.75) is 4.90 Å². The lowest BCUT2D eigenvalue weighted by Gasteiger charge is -1.94. The molecule has 0 aliphatic carbocycles. The third kappa shape index (κ3) is 4.14. The molecule has 3 rings (SSSR count). The summed E-state index contributed by atoms with van der Waals surface area (Å²) in [6.45, 7) is 0. The Morgan fingerprint density at radius 1 is 1.09 bits per heavy atom. The monoisotopic (exact) mass is 311 g/mol. The first-order chi connectivity index (χ1) is 10.6. The number of nitriles is 1. The van der Waals surface area contributed by atoms with E-state index < -0.39 is 5.82 Å². The van der Waals surface area contributed by atoms with E-state index in [4.69, 9.17) is 11.0 Å². The zero-order chi connectivity index (χ0) is 15.9. The Morgan fingerprint density at radius 3 is 2.36 bits per heavy atom. The van der Waals surface area contributed by atoms with Gasteiger partial charge in [-0.15, -0.1) is 12.6 Å². The Balaban J connectivity index is 0.000000164. The molecular weight excluding hydrogens is 297 g/mol. The van der Waals surface area contributed by atoms with E-state index in [9.17, 15) is 4.39 Å². The number of hydrogen-bond donors (Lipinski definition) is 3. The number of nitrogens with two attached hydrogens (primary N) is 1. The lowest BCUT2D eigenvalue weighted by Crippen LogP contribution is -1.89. The molecule has 2 aromatic carbocycles. The fourth-order valence-corrected chi connectivity index (χ4v) is 1.96. The second-order valence-electron chi connectivity index (χ2n) is 4.49. The first-order valence-corrected chi connectivity index (χ1v) is 6.93. The summed E-state index contributed by atoms with van der Waals surface area (Å²) in [6, 6.07) is 17.9. The molecule has 0 spiro atoms. The summed E-state index contributed by atoms with van der Waals surface area (Å²) < 4.78 is 12.5. The number of thiol groups is 1. The number of benzene rings is 2. The van der Waals surface area contributed by atoms with E-state index in [0.29, 0.717) is 0 Å². The molecular formula is C17H14FN3S. The van der Waals surface area contributed by atoms with Crippen LogP contribution < -0.4 is 5.73 Å². The summed E-state index contributed by atoms with van der Waals surface area (Å²) in [5.41, 5.74) is 7.82. The predicted octanol–water partition coefficient (Wildman–Crippen LogP) is 4.25. The molecule has 0 fully saturated rings. The zero-order valence-corrected chi connectivity index (χ0v) is 12.5. The standard InChI is InChI=1S/C10H9NS.C7H5FN2/c12-9-6-10(11-7-9)8-4-2-1-3-5-8;8-6-3-5(4-9)1-2-7(6)10/h1-7,11-12H;1-3H,10H2. The Bertz CT molecular complexity index is 791. The van der Waals surface area contributed by atoms with Crippen molar-refractivity contribution < 1.29 is 4.39 Å². The van der Waals surface area contributed by atoms with E-state index in [1.807, 2.05) is 30.5 Å². The number of nitrogen functional groups attached to an aromatic ring is 1. The van der Waals surface area contributed by atoms with Gasteiger partial charge in [-0.1, -0.05) is 30.3 Å². The van der Waals surface area contributed by atoms with E-state index in [1.165, 1.54) is 17.7 Å². The fraction of sp³-hybridized carbons (Fsp3) is 0. The van der Waals surface area contributed by atoms with Gasteiger partial charge in [-0.05, 0) is 29.8 Å². The largest absolute Gasteiger partial charge is 0.396 e. The highest BCUT2D eigenvalue weighted by Crippen LogP contribution is 2.19. The third-order valence-electron chi connectivity index (χ3n) is 2.88. The van der Waals surface area contributed by atoms with Crippen molar-refractivity contribution in [2.75, 3.05) is 5.73 Å². The normalized spacial score (nSPS) is 9.50. The Morgan fingerprint density at radius 2 is 1.82 bits per heavy atom. The van der Waals surface area contributed by atoms with Crippen LogP contribution in [-0.4, -0.2) is 4.98 Å². The molecule has 0 unspecified atom stereocenters. The molecule has 0 bridgehead atoms. The molecule has 1 heterocycles. The van der Waals surface area contributed by atoms with Crippen LogP contribution in [0.5, 0.6) is 0 Å². The predicted molar refractivity (Wildman–Crippen MR) is 89.0 cm³/mol. The highest BCUT2D eigenvalue weighted by Gasteiger charge is 1.97. The molecule has 5 heteroatoms. The van der Waals surface area contributed by atoms with E-state index in [2.05, 4.69) is 29.7 Å². The molecule has 22 heavy (non-hydrogen) atoms. The second-order valence-corrected chi connectivity index (χ2v) is 5.00. The Labute approximate surface area is 133 Å². The molecule has 0 atom stereocenters. The number of hydrogen-bond acceptors (Lipinski definition) is 3. The first kappa shape index (κ1) is 15.7. The van der Waals surface area contributed by atoms with Crippen LogP contribution in [0, 0.1) is 17.1 Å². The SMILES string of the molecule is N#Cc1ccc(N)c(F)c1.Sc1c[nH]c(-c2ccccc2)c1. The lowest BCUT2D eigenvalue weighted by atomic mass is 10.2. The van der Waals surface area contributed by atoms with Crippen LogP contribution in [-0.2, 0) is 0 Å². The van der Waals surface area contributed by atoms with Crippen molar-refractivity contribution in [2.24, 2.45) is 0 Å². The number of rotatable bonds is 1. The van der Waals surface area contributed by atoms with Crippen LogP contribution in [0.4, 0.5) is 10.1 Å². The van der Waals surface area contributed by atoms with Gasteiger partial charge >= 0.3 is 0 Å². The van der Waals surface area contributed by atoms with Crippen molar-refractivity contribution in [3.63, 3.8) is 0 Å². The van der Waals surface area contributed by atoms with Gasteiger partial charge in [0.25, 0.3) is 0 Å². The second kappa shape index (κ2) is 7.34. The van der Waals surface area contributed by atoms with Gasteiger partial charge in [0.2, 0.25) is 0 Å². The highest BCUT2D eigenvalue weighted by molar-refractivity contribution is 7.80. The Kier molecular flexibility index (Phi) is 5.23. The molecule has 0 aliphatic rings. The topological polar surface area (TPSA) is 65.6 Å². The smallest absolute Gasteiger partial charge is 0.147 e. The highest BCUT2D eigenvalue weighted by atomic mass is 32.1. The van der Waals surface area contributed by atoms with Gasteiger partial charge in [0, 0.05) is 16.8 Å². The molecule has 3 nitrogen and oxygen atoms in total. The molecule has 0 amide bonds. The number of H-pyrrole nitrogens is 1. The summed E-state index contributed by atoms with van der Waals surface area (Å²) in [5.74, 6) is -0.543. The van der Waals surface area contributed by atoms with Crippen molar-refractivity contribution in [3.05, 3.63) is 72.2 Å². The number of halogens is 1. The Hall–Kier alpha value is -2.71. The quantitative estimate of drug-likeness (QED) is 0.464. The van der Waals surface area contributed by atoms with Crippen LogP contribution in [0.15, 0.2) is 65.7 Å². The number of aromatic amines is 1. The van der Waals surface area contributed by atoms with Gasteiger partial charge in [-0.2, -0.15) is 5.26 Å². The maximum absolute atomic E-state index is 12.5. The molecule has 0 saturated heterocycles. The van der Waals surface area contributed by atoms with Crippen LogP contribution >= 0.6 is 12.6 Å². The summed E-state index contributed by atoms with van der Waals surface area (Å²) >= 11 is 4.22. The minimum Gasteiger partial charge on any atom is -0.396 e. The minimum absolute atomic E-state index is 0.0685. The average molecular weight is 311 g/mol. The number of nitrogens with zero attached hydrogens (tertiary/aromatic N) is 1. The molecule has 3 N–H and O–H groups in total. The van der Waals surface area contributed by atoms with E-state index >= 15 is 0 Å². The maximum Gasteiger partial charge on any atom is 0.147 e. The molecule has 0 aliphatic heterocycles. The van der Waals surface area contributed by atoms with Crippen molar-refractivity contribution >= 4 is 18.3 Å². The summed E-state index contributed by atoms with van der Waals surface area (Å²) in [4.78, 5) is 4.11. The third-order valence-corrected chi connectivity index (χ3v) is 3.14. The van der Waals surface area contributed by atoms with Crippen molar-refractivity contribution in [3.8, 4) is 17.3 Å². The van der Waals surface area contributed by atoms with Gasteiger partial charge in [0.15, 0.2) is 0 Å². The van der Waals surface area contributed by atoms with Crippen LogP contribution in [0.2, 0.25) is 0 Å². The average Bonchev–Trinajstić information content (AvgIpc) is 2.98. The number of nitrogens with one attached hydrogen (secondary N) is 1. The molecule has 3 aromatic rings. The van der Waals surface area contributed by atoms with Crippen LogP contribution in [0.25, 0.3) is 11.3 Å². The lowest BCUT2D eigenvalue weighted by molar-refractivity contribution is 0.632. The van der Waals surface area contributed by atoms with Crippen LogP contribution in [0.3, 0.4) is 0 Å². The van der Waals surface area contributed by atoms with Gasteiger partial charge in [-0.3, -0.25) is 0 Å². The van der Waals surface area contributed by atoms with Gasteiger partial charge in [-0.25, -0.2) is 4.39 Å². The number of aromatic nitrogens is 1. The van der Waals surface area contributed by atoms with Gasteiger partial charge in [0.1, 0.15) is 5.82 Å². The summed E-state index contributed by atoms with van der Waals surface area (Å²) in [7, 11) is 0. The van der Waals surface area contributed by atoms with Crippen LogP contribution in [0.1, 0.15) is 5.56 Å². The molecule has 1 aromatic heterocycles.